The zero-order valence-corrected chi connectivity index (χ0v) is 19.4. The fraction of sp³-hybridized carbons (Fsp3) is 0.360. The highest BCUT2D eigenvalue weighted by molar-refractivity contribution is 7.10. The summed E-state index contributed by atoms with van der Waals surface area (Å²) in [5, 5.41) is 9.09. The maximum atomic E-state index is 13.2. The van der Waals surface area contributed by atoms with Gasteiger partial charge in [-0.05, 0) is 73.2 Å². The van der Waals surface area contributed by atoms with Crippen molar-refractivity contribution < 1.29 is 14.1 Å². The number of amides is 2. The molecule has 0 unspecified atom stereocenters. The number of rotatable bonds is 5. The minimum atomic E-state index is -0.136. The van der Waals surface area contributed by atoms with Crippen molar-refractivity contribution in [1.29, 1.82) is 0 Å². The molecule has 5 rings (SSSR count). The first-order valence-corrected chi connectivity index (χ1v) is 12.2. The van der Waals surface area contributed by atoms with Gasteiger partial charge in [0.15, 0.2) is 0 Å². The molecule has 3 aromatic heterocycles. The number of carbonyl (C=O) groups is 2. The third-order valence-corrected chi connectivity index (χ3v) is 7.26. The third-order valence-electron chi connectivity index (χ3n) is 6.42. The van der Waals surface area contributed by atoms with Crippen molar-refractivity contribution in [2.75, 3.05) is 6.54 Å². The summed E-state index contributed by atoms with van der Waals surface area (Å²) in [6.07, 6.45) is 9.85. The van der Waals surface area contributed by atoms with Gasteiger partial charge in [0.05, 0.1) is 5.69 Å². The van der Waals surface area contributed by atoms with Gasteiger partial charge in [-0.2, -0.15) is 0 Å². The number of nitrogens with zero attached hydrogens (tertiary/aromatic N) is 3. The molecule has 1 aliphatic heterocycles. The maximum absolute atomic E-state index is 13.2. The van der Waals surface area contributed by atoms with E-state index in [4.69, 9.17) is 4.52 Å². The molecule has 0 radical (unpaired) electrons. The number of pyridine rings is 1. The van der Waals surface area contributed by atoms with Gasteiger partial charge in [-0.3, -0.25) is 14.6 Å². The molecule has 8 heteroatoms. The smallest absolute Gasteiger partial charge is 0.293 e. The van der Waals surface area contributed by atoms with E-state index in [-0.39, 0.29) is 11.8 Å². The molecule has 33 heavy (non-hydrogen) atoms. The SMILES string of the molecule is Cc1ncc2c(c1CNC(=O)C=Cc1cccs1)CCN(C(=O)c1onc3c1CCCC3)C2. The van der Waals surface area contributed by atoms with E-state index in [2.05, 4.69) is 15.5 Å². The molecule has 3 aromatic rings. The number of aryl methyl sites for hydroxylation is 2. The Labute approximate surface area is 196 Å². The van der Waals surface area contributed by atoms with Crippen LogP contribution in [-0.4, -0.2) is 33.4 Å². The fourth-order valence-corrected chi connectivity index (χ4v) is 5.23. The Kier molecular flexibility index (Phi) is 6.09. The molecule has 0 aromatic carbocycles. The molecular weight excluding hydrogens is 436 g/mol. The van der Waals surface area contributed by atoms with E-state index in [1.165, 1.54) is 5.56 Å². The number of fused-ring (bicyclic) bond motifs is 2. The minimum Gasteiger partial charge on any atom is -0.350 e. The standard InChI is InChI=1S/C25H26N4O3S/c1-16-21(14-27-23(30)9-8-18-5-4-12-33-18)19-10-11-29(15-17(19)13-26-16)25(31)24-20-6-2-3-7-22(20)28-32-24/h4-5,8-9,12-13H,2-3,6-7,10-11,14-15H2,1H3,(H,27,30). The number of hydrogen-bond acceptors (Lipinski definition) is 6. The Bertz CT molecular complexity index is 1210. The van der Waals surface area contributed by atoms with Gasteiger partial charge in [-0.25, -0.2) is 0 Å². The third kappa shape index (κ3) is 4.48. The van der Waals surface area contributed by atoms with E-state index in [0.29, 0.717) is 25.4 Å². The van der Waals surface area contributed by atoms with Crippen LogP contribution < -0.4 is 5.32 Å². The first-order valence-electron chi connectivity index (χ1n) is 11.3. The van der Waals surface area contributed by atoms with E-state index in [9.17, 15) is 9.59 Å². The molecule has 7 nitrogen and oxygen atoms in total. The van der Waals surface area contributed by atoms with Crippen LogP contribution in [0.3, 0.4) is 0 Å². The van der Waals surface area contributed by atoms with Crippen molar-refractivity contribution in [1.82, 2.24) is 20.4 Å². The van der Waals surface area contributed by atoms with Crippen molar-refractivity contribution in [3.63, 3.8) is 0 Å². The highest BCUT2D eigenvalue weighted by atomic mass is 32.1. The molecule has 0 atom stereocenters. The van der Waals surface area contributed by atoms with Crippen LogP contribution in [0.2, 0.25) is 0 Å². The molecule has 4 heterocycles. The second-order valence-electron chi connectivity index (χ2n) is 8.51. The Morgan fingerprint density at radius 3 is 2.97 bits per heavy atom. The van der Waals surface area contributed by atoms with E-state index in [1.54, 1.807) is 17.4 Å². The molecule has 2 aliphatic rings. The van der Waals surface area contributed by atoms with Crippen molar-refractivity contribution in [2.45, 2.75) is 52.1 Å². The van der Waals surface area contributed by atoms with Crippen LogP contribution in [0.1, 0.15) is 61.9 Å². The van der Waals surface area contributed by atoms with Crippen LogP contribution in [0.5, 0.6) is 0 Å². The van der Waals surface area contributed by atoms with Gasteiger partial charge in [0, 0.05) is 48.0 Å². The summed E-state index contributed by atoms with van der Waals surface area (Å²) in [5.41, 5.74) is 6.05. The molecule has 0 fully saturated rings. The second-order valence-corrected chi connectivity index (χ2v) is 9.49. The number of aromatic nitrogens is 2. The Hall–Kier alpha value is -3.26. The lowest BCUT2D eigenvalue weighted by atomic mass is 9.93. The molecule has 0 spiro atoms. The van der Waals surface area contributed by atoms with Gasteiger partial charge in [-0.1, -0.05) is 11.2 Å². The fourth-order valence-electron chi connectivity index (χ4n) is 4.61. The average molecular weight is 463 g/mol. The first-order chi connectivity index (χ1) is 16.1. The minimum absolute atomic E-state index is 0.0922. The van der Waals surface area contributed by atoms with Crippen LogP contribution >= 0.6 is 11.3 Å². The van der Waals surface area contributed by atoms with Crippen LogP contribution in [0.4, 0.5) is 0 Å². The summed E-state index contributed by atoms with van der Waals surface area (Å²) >= 11 is 1.59. The summed E-state index contributed by atoms with van der Waals surface area (Å²) < 4.78 is 5.47. The normalized spacial score (nSPS) is 15.4. The molecule has 0 saturated carbocycles. The highest BCUT2D eigenvalue weighted by Crippen LogP contribution is 2.28. The highest BCUT2D eigenvalue weighted by Gasteiger charge is 2.30. The molecule has 1 aliphatic carbocycles. The molecular formula is C25H26N4O3S. The van der Waals surface area contributed by atoms with Crippen LogP contribution in [0.25, 0.3) is 6.08 Å². The zero-order chi connectivity index (χ0) is 22.8. The first kappa shape index (κ1) is 21.6. The topological polar surface area (TPSA) is 88.3 Å². The van der Waals surface area contributed by atoms with Gasteiger partial charge in [-0.15, -0.1) is 11.3 Å². The lowest BCUT2D eigenvalue weighted by Crippen LogP contribution is -2.37. The van der Waals surface area contributed by atoms with E-state index >= 15 is 0 Å². The van der Waals surface area contributed by atoms with Crippen molar-refractivity contribution in [3.8, 4) is 0 Å². The van der Waals surface area contributed by atoms with Crippen LogP contribution in [0, 0.1) is 6.92 Å². The van der Waals surface area contributed by atoms with Crippen molar-refractivity contribution in [3.05, 3.63) is 74.1 Å². The summed E-state index contributed by atoms with van der Waals surface area (Å²) in [7, 11) is 0. The Balaban J connectivity index is 1.28. The summed E-state index contributed by atoms with van der Waals surface area (Å²) in [6.45, 7) is 3.46. The van der Waals surface area contributed by atoms with E-state index in [1.807, 2.05) is 41.6 Å². The van der Waals surface area contributed by atoms with Crippen LogP contribution in [-0.2, 0) is 37.1 Å². The Morgan fingerprint density at radius 2 is 2.12 bits per heavy atom. The largest absolute Gasteiger partial charge is 0.350 e. The van der Waals surface area contributed by atoms with Crippen molar-refractivity contribution in [2.24, 2.45) is 0 Å². The number of thiophene rings is 1. The molecule has 2 amide bonds. The summed E-state index contributed by atoms with van der Waals surface area (Å²) in [4.78, 5) is 32.9. The predicted octanol–water partition coefficient (Wildman–Crippen LogP) is 3.85. The van der Waals surface area contributed by atoms with Crippen molar-refractivity contribution >= 4 is 29.2 Å². The number of nitrogens with one attached hydrogen (secondary N) is 1. The Morgan fingerprint density at radius 1 is 1.24 bits per heavy atom. The molecule has 0 bridgehead atoms. The predicted molar refractivity (Wildman–Crippen MR) is 126 cm³/mol. The van der Waals surface area contributed by atoms with E-state index in [0.717, 1.165) is 65.1 Å². The van der Waals surface area contributed by atoms with Gasteiger partial charge in [0.1, 0.15) is 0 Å². The van der Waals surface area contributed by atoms with E-state index < -0.39 is 0 Å². The van der Waals surface area contributed by atoms with Gasteiger partial charge in [0.2, 0.25) is 11.7 Å². The quantitative estimate of drug-likeness (QED) is 0.582. The lowest BCUT2D eigenvalue weighted by molar-refractivity contribution is -0.116. The molecule has 0 saturated heterocycles. The van der Waals surface area contributed by atoms with Gasteiger partial charge < -0.3 is 14.7 Å². The molecule has 170 valence electrons. The second kappa shape index (κ2) is 9.31. The molecule has 1 N–H and O–H groups in total. The van der Waals surface area contributed by atoms with Gasteiger partial charge in [0.25, 0.3) is 5.91 Å². The summed E-state index contributed by atoms with van der Waals surface area (Å²) in [6, 6.07) is 3.93. The summed E-state index contributed by atoms with van der Waals surface area (Å²) in [5.74, 6) is 0.173. The average Bonchev–Trinajstić information content (AvgIpc) is 3.51. The zero-order valence-electron chi connectivity index (χ0n) is 18.6. The van der Waals surface area contributed by atoms with Crippen LogP contribution in [0.15, 0.2) is 34.3 Å². The number of hydrogen-bond donors (Lipinski definition) is 1. The number of carbonyl (C=O) groups excluding carboxylic acids is 2. The monoisotopic (exact) mass is 462 g/mol. The van der Waals surface area contributed by atoms with Gasteiger partial charge >= 0.3 is 0 Å². The lowest BCUT2D eigenvalue weighted by Gasteiger charge is -2.30. The maximum Gasteiger partial charge on any atom is 0.293 e.